The summed E-state index contributed by atoms with van der Waals surface area (Å²) in [6, 6.07) is 23.5. The number of hydrogen-bond acceptors (Lipinski definition) is 3. The highest BCUT2D eigenvalue weighted by Crippen LogP contribution is 2.46. The van der Waals surface area contributed by atoms with Crippen LogP contribution in [0.25, 0.3) is 47.7 Å². The lowest BCUT2D eigenvalue weighted by atomic mass is 10.0. The van der Waals surface area contributed by atoms with Crippen LogP contribution in [0.2, 0.25) is 5.02 Å². The molecule has 0 amide bonds. The van der Waals surface area contributed by atoms with Crippen molar-refractivity contribution >= 4 is 64.9 Å². The highest BCUT2D eigenvalue weighted by Gasteiger charge is 2.21. The zero-order valence-electron chi connectivity index (χ0n) is 20.0. The minimum Gasteiger partial charge on any atom is -0.497 e. The van der Waals surface area contributed by atoms with E-state index in [-0.39, 0.29) is 0 Å². The number of thiophene rings is 1. The number of rotatable bonds is 6. The Morgan fingerprint density at radius 2 is 1.60 bits per heavy atom. The molecule has 2 heterocycles. The molecule has 0 aliphatic rings. The van der Waals surface area contributed by atoms with Crippen LogP contribution in [0.1, 0.15) is 25.3 Å². The Kier molecular flexibility index (Phi) is 5.58. The maximum absolute atomic E-state index is 6.80. The number of hydrogen-bond donors (Lipinski definition) is 0. The Bertz CT molecular complexity index is 1730. The third kappa shape index (κ3) is 3.55. The number of fused-ring (bicyclic) bond motifs is 7. The number of methoxy groups -OCH3 is 2. The van der Waals surface area contributed by atoms with Gasteiger partial charge in [0.25, 0.3) is 0 Å². The molecule has 3 nitrogen and oxygen atoms in total. The van der Waals surface area contributed by atoms with Gasteiger partial charge in [0, 0.05) is 26.9 Å². The van der Waals surface area contributed by atoms with Gasteiger partial charge in [-0.05, 0) is 71.6 Å². The van der Waals surface area contributed by atoms with Crippen molar-refractivity contribution in [1.82, 2.24) is 4.57 Å². The van der Waals surface area contributed by atoms with E-state index < -0.39 is 0 Å². The Hall–Kier alpha value is -3.21. The molecule has 176 valence electrons. The van der Waals surface area contributed by atoms with Crippen molar-refractivity contribution in [3.63, 3.8) is 0 Å². The fourth-order valence-corrected chi connectivity index (χ4v) is 6.49. The van der Waals surface area contributed by atoms with Crippen LogP contribution in [0.4, 0.5) is 0 Å². The molecule has 0 unspecified atom stereocenters. The lowest BCUT2D eigenvalue weighted by molar-refractivity contribution is 0.414. The highest BCUT2D eigenvalue weighted by molar-refractivity contribution is 7.25. The standard InChI is InChI=1S/C30H26ClNO2S/c1-4-5-6-18-7-14-27-23(15-18)29-28-22-16-20(33-2)10-8-19(22)9-13-25(28)32(30(29)35-27)26-17-21(34-3)11-12-24(26)31/h7-17H,4-6H2,1-3H3. The summed E-state index contributed by atoms with van der Waals surface area (Å²) in [6.45, 7) is 2.24. The van der Waals surface area contributed by atoms with E-state index in [0.29, 0.717) is 5.02 Å². The SMILES string of the molecule is CCCCc1ccc2sc3c(c2c1)c1c2cc(OC)ccc2ccc1n3-c1cc(OC)ccc1Cl. The first-order chi connectivity index (χ1) is 17.1. The average molecular weight is 500 g/mol. The summed E-state index contributed by atoms with van der Waals surface area (Å²) in [5, 5.41) is 6.87. The minimum atomic E-state index is 0.691. The lowest BCUT2D eigenvalue weighted by Gasteiger charge is -2.11. The summed E-state index contributed by atoms with van der Waals surface area (Å²) in [6.07, 6.45) is 3.48. The highest BCUT2D eigenvalue weighted by atomic mass is 35.5. The van der Waals surface area contributed by atoms with Crippen molar-refractivity contribution in [2.45, 2.75) is 26.2 Å². The topological polar surface area (TPSA) is 23.4 Å². The monoisotopic (exact) mass is 499 g/mol. The van der Waals surface area contributed by atoms with Crippen LogP contribution in [-0.2, 0) is 6.42 Å². The van der Waals surface area contributed by atoms with Gasteiger partial charge < -0.3 is 9.47 Å². The summed E-state index contributed by atoms with van der Waals surface area (Å²) in [7, 11) is 3.41. The molecule has 0 radical (unpaired) electrons. The molecule has 2 aromatic heterocycles. The molecule has 6 rings (SSSR count). The second-order valence-corrected chi connectivity index (χ2v) is 10.4. The number of halogens is 1. The van der Waals surface area contributed by atoms with E-state index in [9.17, 15) is 0 Å². The molecule has 6 aromatic rings. The second kappa shape index (κ2) is 8.78. The predicted molar refractivity (Wildman–Crippen MR) is 150 cm³/mol. The van der Waals surface area contributed by atoms with Gasteiger partial charge in [-0.2, -0.15) is 0 Å². The van der Waals surface area contributed by atoms with Gasteiger partial charge in [-0.25, -0.2) is 0 Å². The molecule has 0 bridgehead atoms. The molecule has 4 aromatic carbocycles. The molecule has 0 spiro atoms. The molecule has 5 heteroatoms. The van der Waals surface area contributed by atoms with E-state index in [1.165, 1.54) is 54.9 Å². The molecule has 0 N–H and O–H groups in total. The average Bonchev–Trinajstić information content (AvgIpc) is 3.41. The van der Waals surface area contributed by atoms with E-state index in [0.717, 1.165) is 29.1 Å². The third-order valence-corrected chi connectivity index (χ3v) is 8.32. The van der Waals surface area contributed by atoms with E-state index in [4.69, 9.17) is 21.1 Å². The summed E-state index contributed by atoms with van der Waals surface area (Å²) in [5.74, 6) is 1.64. The largest absolute Gasteiger partial charge is 0.497 e. The van der Waals surface area contributed by atoms with Gasteiger partial charge in [0.15, 0.2) is 0 Å². The van der Waals surface area contributed by atoms with Crippen molar-refractivity contribution in [3.05, 3.63) is 77.3 Å². The van der Waals surface area contributed by atoms with E-state index in [1.54, 1.807) is 14.2 Å². The van der Waals surface area contributed by atoms with Crippen LogP contribution < -0.4 is 9.47 Å². The number of benzene rings is 4. The van der Waals surface area contributed by atoms with Crippen LogP contribution in [-0.4, -0.2) is 18.8 Å². The zero-order chi connectivity index (χ0) is 24.1. The number of aryl methyl sites for hydroxylation is 1. The summed E-state index contributed by atoms with van der Waals surface area (Å²) < 4.78 is 14.8. The zero-order valence-corrected chi connectivity index (χ0v) is 21.6. The first-order valence-electron chi connectivity index (χ1n) is 11.9. The van der Waals surface area contributed by atoms with Crippen LogP contribution in [0.5, 0.6) is 11.5 Å². The van der Waals surface area contributed by atoms with Crippen LogP contribution in [0.3, 0.4) is 0 Å². The number of unbranched alkanes of at least 4 members (excludes halogenated alkanes) is 1. The van der Waals surface area contributed by atoms with Gasteiger partial charge in [-0.15, -0.1) is 11.3 Å². The first kappa shape index (κ1) is 22.3. The maximum atomic E-state index is 6.80. The van der Waals surface area contributed by atoms with Crippen molar-refractivity contribution in [1.29, 1.82) is 0 Å². The van der Waals surface area contributed by atoms with E-state index in [1.807, 2.05) is 35.6 Å². The van der Waals surface area contributed by atoms with Crippen molar-refractivity contribution < 1.29 is 9.47 Å². The van der Waals surface area contributed by atoms with Crippen molar-refractivity contribution in [2.75, 3.05) is 14.2 Å². The fourth-order valence-electron chi connectivity index (χ4n) is 5.07. The molecule has 0 atom stereocenters. The molecule has 0 aliphatic heterocycles. The van der Waals surface area contributed by atoms with Gasteiger partial charge in [-0.3, -0.25) is 4.57 Å². The molecule has 35 heavy (non-hydrogen) atoms. The summed E-state index contributed by atoms with van der Waals surface area (Å²) in [4.78, 5) is 1.19. The molecule has 0 saturated heterocycles. The lowest BCUT2D eigenvalue weighted by Crippen LogP contribution is -1.95. The van der Waals surface area contributed by atoms with Gasteiger partial charge in [0.2, 0.25) is 0 Å². The number of aromatic nitrogens is 1. The van der Waals surface area contributed by atoms with Gasteiger partial charge in [0.1, 0.15) is 16.3 Å². The van der Waals surface area contributed by atoms with Crippen LogP contribution in [0, 0.1) is 0 Å². The second-order valence-electron chi connectivity index (χ2n) is 8.92. The van der Waals surface area contributed by atoms with Crippen LogP contribution in [0.15, 0.2) is 66.7 Å². The van der Waals surface area contributed by atoms with Gasteiger partial charge in [-0.1, -0.05) is 43.1 Å². The minimum absolute atomic E-state index is 0.691. The quantitative estimate of drug-likeness (QED) is 0.228. The Labute approximate surface area is 213 Å². The summed E-state index contributed by atoms with van der Waals surface area (Å²) >= 11 is 8.62. The van der Waals surface area contributed by atoms with E-state index in [2.05, 4.69) is 54.0 Å². The normalized spacial score (nSPS) is 11.8. The third-order valence-electron chi connectivity index (χ3n) is 6.85. The smallest absolute Gasteiger partial charge is 0.121 e. The van der Waals surface area contributed by atoms with Crippen molar-refractivity contribution in [3.8, 4) is 17.2 Å². The number of nitrogens with zero attached hydrogens (tertiary/aromatic N) is 1. The van der Waals surface area contributed by atoms with E-state index >= 15 is 0 Å². The fraction of sp³-hybridized carbons (Fsp3) is 0.200. The molecule has 0 fully saturated rings. The van der Waals surface area contributed by atoms with Crippen LogP contribution >= 0.6 is 22.9 Å². The maximum Gasteiger partial charge on any atom is 0.121 e. The van der Waals surface area contributed by atoms with Gasteiger partial charge >= 0.3 is 0 Å². The van der Waals surface area contributed by atoms with Crippen molar-refractivity contribution in [2.24, 2.45) is 0 Å². The molecule has 0 saturated carbocycles. The van der Waals surface area contributed by atoms with Gasteiger partial charge in [0.05, 0.1) is 30.4 Å². The predicted octanol–water partition coefficient (Wildman–Crippen LogP) is 9.16. The Morgan fingerprint density at radius 3 is 2.40 bits per heavy atom. The first-order valence-corrected chi connectivity index (χ1v) is 13.1. The molecule has 0 aliphatic carbocycles. The molecular formula is C30H26ClNO2S. The number of ether oxygens (including phenoxy) is 2. The molecular weight excluding hydrogens is 474 g/mol. The Balaban J connectivity index is 1.80. The summed E-state index contributed by atoms with van der Waals surface area (Å²) in [5.41, 5.74) is 3.44. The Morgan fingerprint density at radius 1 is 0.829 bits per heavy atom.